The summed E-state index contributed by atoms with van der Waals surface area (Å²) < 4.78 is 5.47. The van der Waals surface area contributed by atoms with Crippen molar-refractivity contribution < 1.29 is 9.66 Å². The van der Waals surface area contributed by atoms with E-state index in [2.05, 4.69) is 15.3 Å². The molecule has 1 heterocycles. The Labute approximate surface area is 198 Å². The number of rotatable bonds is 10. The third-order valence-electron chi connectivity index (χ3n) is 5.15. The highest BCUT2D eigenvalue weighted by Crippen LogP contribution is 2.35. The summed E-state index contributed by atoms with van der Waals surface area (Å²) in [6.45, 7) is 3.38. The molecule has 0 aliphatic carbocycles. The molecule has 4 aromatic rings. The molecule has 1 aromatic heterocycles. The third-order valence-corrected chi connectivity index (χ3v) is 5.15. The van der Waals surface area contributed by atoms with Crippen molar-refractivity contribution in [1.82, 2.24) is 9.97 Å². The molecule has 0 atom stereocenters. The van der Waals surface area contributed by atoms with Crippen molar-refractivity contribution in [2.75, 3.05) is 16.8 Å². The van der Waals surface area contributed by atoms with Crippen molar-refractivity contribution in [2.45, 2.75) is 20.0 Å². The molecular formula is C26H25N5O3. The summed E-state index contributed by atoms with van der Waals surface area (Å²) in [5.74, 6) is 1.11. The van der Waals surface area contributed by atoms with Crippen molar-refractivity contribution in [1.29, 1.82) is 0 Å². The summed E-state index contributed by atoms with van der Waals surface area (Å²) in [6, 6.07) is 26.8. The molecule has 172 valence electrons. The summed E-state index contributed by atoms with van der Waals surface area (Å²) in [5, 5.41) is 15.3. The second kappa shape index (κ2) is 10.9. The fourth-order valence-electron chi connectivity index (χ4n) is 3.61. The summed E-state index contributed by atoms with van der Waals surface area (Å²) in [5.41, 5.74) is 2.52. The van der Waals surface area contributed by atoms with Crippen molar-refractivity contribution in [3.63, 3.8) is 0 Å². The van der Waals surface area contributed by atoms with Crippen molar-refractivity contribution in [3.8, 4) is 5.75 Å². The first-order chi connectivity index (χ1) is 16.6. The number of aromatic nitrogens is 2. The number of nitrogens with one attached hydrogen (secondary N) is 1. The van der Waals surface area contributed by atoms with Gasteiger partial charge in [-0.25, -0.2) is 9.97 Å². The van der Waals surface area contributed by atoms with Gasteiger partial charge in [0.25, 0.3) is 0 Å². The standard InChI is InChI=1S/C26H25N5O3/c1-2-34-23-15-13-22(14-16-23)29-25-24(31(32)33)26(28-19-27-25)30(17-20-9-5-3-6-10-20)18-21-11-7-4-8-12-21/h3-16,19H,2,17-18H2,1H3,(H,27,28,29). The van der Waals surface area contributed by atoms with Gasteiger partial charge >= 0.3 is 5.69 Å². The van der Waals surface area contributed by atoms with Gasteiger partial charge in [-0.3, -0.25) is 10.1 Å². The largest absolute Gasteiger partial charge is 0.494 e. The minimum atomic E-state index is -0.435. The molecule has 0 saturated carbocycles. The zero-order valence-corrected chi connectivity index (χ0v) is 18.8. The second-order valence-corrected chi connectivity index (χ2v) is 7.56. The Morgan fingerprint density at radius 2 is 1.47 bits per heavy atom. The lowest BCUT2D eigenvalue weighted by molar-refractivity contribution is -0.383. The Bertz CT molecular complexity index is 1180. The minimum Gasteiger partial charge on any atom is -0.494 e. The lowest BCUT2D eigenvalue weighted by Crippen LogP contribution is -2.24. The average molecular weight is 456 g/mol. The van der Waals surface area contributed by atoms with E-state index in [1.54, 1.807) is 24.3 Å². The molecule has 0 radical (unpaired) electrons. The number of nitro groups is 1. The molecule has 0 aliphatic rings. The molecule has 8 heteroatoms. The molecule has 0 bridgehead atoms. The number of hydrogen-bond donors (Lipinski definition) is 1. The van der Waals surface area contributed by atoms with Crippen molar-refractivity contribution in [3.05, 3.63) is 112 Å². The average Bonchev–Trinajstić information content (AvgIpc) is 2.86. The summed E-state index contributed by atoms with van der Waals surface area (Å²) >= 11 is 0. The monoisotopic (exact) mass is 455 g/mol. The van der Waals surface area contributed by atoms with Gasteiger partial charge in [-0.1, -0.05) is 60.7 Å². The van der Waals surface area contributed by atoms with Crippen LogP contribution in [0.3, 0.4) is 0 Å². The Balaban J connectivity index is 1.70. The van der Waals surface area contributed by atoms with Crippen molar-refractivity contribution >= 4 is 23.0 Å². The Hall–Kier alpha value is -4.46. The molecule has 1 N–H and O–H groups in total. The molecule has 0 aliphatic heterocycles. The van der Waals surface area contributed by atoms with Crippen LogP contribution < -0.4 is 15.0 Å². The van der Waals surface area contributed by atoms with Crippen LogP contribution in [0, 0.1) is 10.1 Å². The smallest absolute Gasteiger partial charge is 0.353 e. The van der Waals surface area contributed by atoms with Crippen LogP contribution in [0.25, 0.3) is 0 Å². The lowest BCUT2D eigenvalue weighted by Gasteiger charge is -2.24. The molecule has 0 unspecified atom stereocenters. The van der Waals surface area contributed by atoms with E-state index in [-0.39, 0.29) is 17.3 Å². The van der Waals surface area contributed by atoms with Gasteiger partial charge in [-0.2, -0.15) is 0 Å². The topological polar surface area (TPSA) is 93.4 Å². The maximum Gasteiger partial charge on any atom is 0.353 e. The number of hydrogen-bond acceptors (Lipinski definition) is 7. The van der Waals surface area contributed by atoms with Crippen LogP contribution in [-0.2, 0) is 13.1 Å². The van der Waals surface area contributed by atoms with E-state index in [0.717, 1.165) is 16.9 Å². The minimum absolute atomic E-state index is 0.130. The normalized spacial score (nSPS) is 10.5. The highest BCUT2D eigenvalue weighted by Gasteiger charge is 2.27. The van der Waals surface area contributed by atoms with Crippen LogP contribution in [0.4, 0.5) is 23.0 Å². The van der Waals surface area contributed by atoms with E-state index in [1.807, 2.05) is 72.5 Å². The summed E-state index contributed by atoms with van der Waals surface area (Å²) in [6.07, 6.45) is 1.35. The van der Waals surface area contributed by atoms with Crippen LogP contribution in [0.1, 0.15) is 18.1 Å². The molecule has 34 heavy (non-hydrogen) atoms. The maximum absolute atomic E-state index is 12.2. The van der Waals surface area contributed by atoms with Crippen LogP contribution >= 0.6 is 0 Å². The molecule has 4 rings (SSSR count). The Kier molecular flexibility index (Phi) is 7.29. The quantitative estimate of drug-likeness (QED) is 0.241. The number of nitrogens with zero attached hydrogens (tertiary/aromatic N) is 4. The first-order valence-corrected chi connectivity index (χ1v) is 11.0. The van der Waals surface area contributed by atoms with E-state index in [4.69, 9.17) is 4.74 Å². The highest BCUT2D eigenvalue weighted by molar-refractivity contribution is 5.74. The number of anilines is 3. The SMILES string of the molecule is CCOc1ccc(Nc2ncnc(N(Cc3ccccc3)Cc3ccccc3)c2[N+](=O)[O-])cc1. The number of ether oxygens (including phenoxy) is 1. The fourth-order valence-corrected chi connectivity index (χ4v) is 3.61. The molecule has 0 fully saturated rings. The van der Waals surface area contributed by atoms with Gasteiger partial charge in [0.2, 0.25) is 11.6 Å². The zero-order chi connectivity index (χ0) is 23.8. The molecule has 0 saturated heterocycles. The fraction of sp³-hybridized carbons (Fsp3) is 0.154. The van der Waals surface area contributed by atoms with Gasteiger partial charge in [0.15, 0.2) is 0 Å². The highest BCUT2D eigenvalue weighted by atomic mass is 16.6. The first-order valence-electron chi connectivity index (χ1n) is 11.0. The summed E-state index contributed by atoms with van der Waals surface area (Å²) in [7, 11) is 0. The van der Waals surface area contributed by atoms with E-state index < -0.39 is 4.92 Å². The van der Waals surface area contributed by atoms with E-state index in [9.17, 15) is 10.1 Å². The van der Waals surface area contributed by atoms with Crippen LogP contribution in [0.2, 0.25) is 0 Å². The Morgan fingerprint density at radius 3 is 2.00 bits per heavy atom. The molecule has 0 spiro atoms. The summed E-state index contributed by atoms with van der Waals surface area (Å²) in [4.78, 5) is 22.2. The maximum atomic E-state index is 12.2. The van der Waals surface area contributed by atoms with Gasteiger partial charge in [-0.15, -0.1) is 0 Å². The predicted molar refractivity (Wildman–Crippen MR) is 132 cm³/mol. The first kappa shape index (κ1) is 22.7. The molecular weight excluding hydrogens is 430 g/mol. The van der Waals surface area contributed by atoms with Crippen LogP contribution in [0.5, 0.6) is 5.75 Å². The number of benzene rings is 3. The van der Waals surface area contributed by atoms with E-state index in [1.165, 1.54) is 6.33 Å². The second-order valence-electron chi connectivity index (χ2n) is 7.56. The van der Waals surface area contributed by atoms with E-state index >= 15 is 0 Å². The van der Waals surface area contributed by atoms with Crippen molar-refractivity contribution in [2.24, 2.45) is 0 Å². The van der Waals surface area contributed by atoms with Crippen LogP contribution in [0.15, 0.2) is 91.3 Å². The predicted octanol–water partition coefficient (Wildman–Crippen LogP) is 5.73. The van der Waals surface area contributed by atoms with E-state index in [0.29, 0.717) is 25.4 Å². The Morgan fingerprint density at radius 1 is 0.882 bits per heavy atom. The molecule has 3 aromatic carbocycles. The molecule has 0 amide bonds. The van der Waals surface area contributed by atoms with Gasteiger partial charge in [0.05, 0.1) is 11.5 Å². The van der Waals surface area contributed by atoms with Gasteiger partial charge in [0, 0.05) is 18.8 Å². The van der Waals surface area contributed by atoms with Gasteiger partial charge < -0.3 is 15.0 Å². The third kappa shape index (κ3) is 5.66. The van der Waals surface area contributed by atoms with Gasteiger partial charge in [0.1, 0.15) is 12.1 Å². The molecule has 8 nitrogen and oxygen atoms in total. The lowest BCUT2D eigenvalue weighted by atomic mass is 10.1. The van der Waals surface area contributed by atoms with Gasteiger partial charge in [-0.05, 0) is 42.3 Å². The zero-order valence-electron chi connectivity index (χ0n) is 18.8. The van der Waals surface area contributed by atoms with Crippen LogP contribution in [-0.4, -0.2) is 21.5 Å².